The van der Waals surface area contributed by atoms with Gasteiger partial charge in [0.15, 0.2) is 5.78 Å². The molecule has 0 aliphatic rings. The van der Waals surface area contributed by atoms with Crippen molar-refractivity contribution in [2.75, 3.05) is 24.6 Å². The van der Waals surface area contributed by atoms with Crippen LogP contribution >= 0.6 is 0 Å². The lowest BCUT2D eigenvalue weighted by Crippen LogP contribution is -2.30. The largest absolute Gasteiger partial charge is 0.465 e. The zero-order valence-electron chi connectivity index (χ0n) is 11.0. The van der Waals surface area contributed by atoms with E-state index in [9.17, 15) is 9.59 Å². The molecule has 0 atom stereocenters. The van der Waals surface area contributed by atoms with Crippen LogP contribution in [0.3, 0.4) is 0 Å². The summed E-state index contributed by atoms with van der Waals surface area (Å²) in [5, 5.41) is 0. The molecule has 0 fully saturated rings. The molecule has 0 amide bonds. The summed E-state index contributed by atoms with van der Waals surface area (Å²) in [4.78, 5) is 28.4. The fourth-order valence-electron chi connectivity index (χ4n) is 1.53. The van der Waals surface area contributed by atoms with Crippen molar-refractivity contribution in [2.24, 2.45) is 0 Å². The number of esters is 1. The molecule has 0 saturated heterocycles. The van der Waals surface area contributed by atoms with E-state index in [1.165, 1.54) is 6.92 Å². The van der Waals surface area contributed by atoms with Gasteiger partial charge in [-0.15, -0.1) is 0 Å². The average molecular weight is 250 g/mol. The number of hydrogen-bond acceptors (Lipinski definition) is 5. The van der Waals surface area contributed by atoms with Gasteiger partial charge in [-0.3, -0.25) is 14.6 Å². The van der Waals surface area contributed by atoms with Crippen LogP contribution in [0.4, 0.5) is 5.69 Å². The number of pyridine rings is 1. The van der Waals surface area contributed by atoms with Crippen LogP contribution in [-0.4, -0.2) is 36.4 Å². The Morgan fingerprint density at radius 1 is 1.33 bits per heavy atom. The third-order valence-corrected chi connectivity index (χ3v) is 2.48. The van der Waals surface area contributed by atoms with Crippen LogP contribution in [-0.2, 0) is 9.53 Å². The lowest BCUT2D eigenvalue weighted by molar-refractivity contribution is -0.141. The molecule has 0 radical (unpaired) electrons. The number of Topliss-reactive ketones (excluding diaryl/α,β-unsaturated/α-hetero) is 1. The number of anilines is 1. The second-order valence-electron chi connectivity index (χ2n) is 3.78. The molecule has 5 nitrogen and oxygen atoms in total. The van der Waals surface area contributed by atoms with Crippen LogP contribution in [0.15, 0.2) is 18.3 Å². The Morgan fingerprint density at radius 2 is 2.06 bits per heavy atom. The minimum atomic E-state index is -0.269. The standard InChI is InChI=1S/C13H18N2O3/c1-4-15(9-13(17)18-5-2)11-6-7-12(10(3)16)14-8-11/h6-8H,4-5,9H2,1-3H3. The monoisotopic (exact) mass is 250 g/mol. The minimum absolute atomic E-state index is 0.0741. The summed E-state index contributed by atoms with van der Waals surface area (Å²) >= 11 is 0. The van der Waals surface area contributed by atoms with Gasteiger partial charge in [0, 0.05) is 13.5 Å². The molecule has 18 heavy (non-hydrogen) atoms. The number of carbonyl (C=O) groups is 2. The van der Waals surface area contributed by atoms with Crippen molar-refractivity contribution in [2.45, 2.75) is 20.8 Å². The SMILES string of the molecule is CCOC(=O)CN(CC)c1ccc(C(C)=O)nc1. The molecule has 0 N–H and O–H groups in total. The highest BCUT2D eigenvalue weighted by molar-refractivity contribution is 5.92. The van der Waals surface area contributed by atoms with E-state index in [2.05, 4.69) is 4.98 Å². The molecule has 0 bridgehead atoms. The average Bonchev–Trinajstić information content (AvgIpc) is 2.36. The topological polar surface area (TPSA) is 59.5 Å². The molecular weight excluding hydrogens is 232 g/mol. The van der Waals surface area contributed by atoms with Crippen molar-refractivity contribution in [1.29, 1.82) is 0 Å². The van der Waals surface area contributed by atoms with Crippen molar-refractivity contribution in [3.63, 3.8) is 0 Å². The highest BCUT2D eigenvalue weighted by Crippen LogP contribution is 2.13. The van der Waals surface area contributed by atoms with E-state index in [-0.39, 0.29) is 18.3 Å². The number of carbonyl (C=O) groups excluding carboxylic acids is 2. The molecule has 5 heteroatoms. The maximum Gasteiger partial charge on any atom is 0.325 e. The molecule has 0 aliphatic carbocycles. The predicted molar refractivity (Wildman–Crippen MR) is 68.8 cm³/mol. The summed E-state index contributed by atoms with van der Waals surface area (Å²) in [7, 11) is 0. The van der Waals surface area contributed by atoms with Gasteiger partial charge in [0.2, 0.25) is 0 Å². The second-order valence-corrected chi connectivity index (χ2v) is 3.78. The Labute approximate surface area is 107 Å². The zero-order valence-corrected chi connectivity index (χ0v) is 11.0. The van der Waals surface area contributed by atoms with Crippen molar-refractivity contribution in [1.82, 2.24) is 4.98 Å². The fourth-order valence-corrected chi connectivity index (χ4v) is 1.53. The zero-order chi connectivity index (χ0) is 13.5. The Hall–Kier alpha value is -1.91. The molecule has 98 valence electrons. The highest BCUT2D eigenvalue weighted by atomic mass is 16.5. The van der Waals surface area contributed by atoms with E-state index < -0.39 is 0 Å². The molecule has 0 aliphatic heterocycles. The lowest BCUT2D eigenvalue weighted by atomic mass is 10.2. The van der Waals surface area contributed by atoms with Crippen molar-refractivity contribution >= 4 is 17.4 Å². The maximum atomic E-state index is 11.4. The summed E-state index contributed by atoms with van der Waals surface area (Å²) in [6.45, 7) is 6.41. The summed E-state index contributed by atoms with van der Waals surface area (Å²) in [5.74, 6) is -0.343. The van der Waals surface area contributed by atoms with Gasteiger partial charge in [0.25, 0.3) is 0 Å². The van der Waals surface area contributed by atoms with Gasteiger partial charge < -0.3 is 9.64 Å². The second kappa shape index (κ2) is 6.74. The number of ketones is 1. The summed E-state index contributed by atoms with van der Waals surface area (Å²) in [6.07, 6.45) is 1.60. The number of hydrogen-bond donors (Lipinski definition) is 0. The maximum absolute atomic E-state index is 11.4. The Bertz CT molecular complexity index is 415. The molecule has 0 aromatic carbocycles. The first-order chi connectivity index (χ1) is 8.58. The van der Waals surface area contributed by atoms with Gasteiger partial charge in [-0.05, 0) is 26.0 Å². The Kier molecular flexibility index (Phi) is 5.30. The van der Waals surface area contributed by atoms with Gasteiger partial charge in [0.1, 0.15) is 12.2 Å². The van der Waals surface area contributed by atoms with Gasteiger partial charge in [-0.2, -0.15) is 0 Å². The van der Waals surface area contributed by atoms with Crippen LogP contribution in [0.5, 0.6) is 0 Å². The molecule has 1 aromatic heterocycles. The van der Waals surface area contributed by atoms with E-state index >= 15 is 0 Å². The fraction of sp³-hybridized carbons (Fsp3) is 0.462. The van der Waals surface area contributed by atoms with Crippen LogP contribution in [0.25, 0.3) is 0 Å². The number of aromatic nitrogens is 1. The molecule has 1 aromatic rings. The van der Waals surface area contributed by atoms with E-state index in [0.717, 1.165) is 5.69 Å². The summed E-state index contributed by atoms with van der Waals surface area (Å²) < 4.78 is 4.90. The molecule has 0 saturated carbocycles. The van der Waals surface area contributed by atoms with E-state index in [4.69, 9.17) is 4.74 Å². The molecular formula is C13H18N2O3. The van der Waals surface area contributed by atoms with Crippen molar-refractivity contribution in [3.8, 4) is 0 Å². The van der Waals surface area contributed by atoms with Crippen LogP contribution in [0, 0.1) is 0 Å². The van der Waals surface area contributed by atoms with Crippen LogP contribution in [0.1, 0.15) is 31.3 Å². The predicted octanol–water partition coefficient (Wildman–Crippen LogP) is 1.67. The Morgan fingerprint density at radius 3 is 2.50 bits per heavy atom. The van der Waals surface area contributed by atoms with Gasteiger partial charge in [0.05, 0.1) is 18.5 Å². The number of ether oxygens (including phenoxy) is 1. The van der Waals surface area contributed by atoms with Gasteiger partial charge >= 0.3 is 5.97 Å². The van der Waals surface area contributed by atoms with E-state index in [1.807, 2.05) is 11.8 Å². The Balaban J connectivity index is 2.76. The normalized spacial score (nSPS) is 9.94. The molecule has 1 rings (SSSR count). The first-order valence-corrected chi connectivity index (χ1v) is 5.96. The molecule has 0 spiro atoms. The quantitative estimate of drug-likeness (QED) is 0.568. The van der Waals surface area contributed by atoms with E-state index in [0.29, 0.717) is 18.8 Å². The first kappa shape index (κ1) is 14.2. The first-order valence-electron chi connectivity index (χ1n) is 5.96. The number of rotatable bonds is 6. The van der Waals surface area contributed by atoms with E-state index in [1.54, 1.807) is 25.3 Å². The van der Waals surface area contributed by atoms with Crippen molar-refractivity contribution < 1.29 is 14.3 Å². The summed E-state index contributed by atoms with van der Waals surface area (Å²) in [5.41, 5.74) is 1.22. The van der Waals surface area contributed by atoms with Crippen LogP contribution < -0.4 is 4.90 Å². The van der Waals surface area contributed by atoms with Crippen molar-refractivity contribution in [3.05, 3.63) is 24.0 Å². The third kappa shape index (κ3) is 3.84. The number of likely N-dealkylation sites (N-methyl/N-ethyl adjacent to an activating group) is 1. The smallest absolute Gasteiger partial charge is 0.325 e. The number of nitrogens with zero attached hydrogens (tertiary/aromatic N) is 2. The summed E-state index contributed by atoms with van der Waals surface area (Å²) in [6, 6.07) is 3.44. The van der Waals surface area contributed by atoms with Gasteiger partial charge in [-0.1, -0.05) is 0 Å². The third-order valence-electron chi connectivity index (χ3n) is 2.48. The molecule has 1 heterocycles. The molecule has 0 unspecified atom stereocenters. The van der Waals surface area contributed by atoms with Gasteiger partial charge in [-0.25, -0.2) is 0 Å². The van der Waals surface area contributed by atoms with Crippen LogP contribution in [0.2, 0.25) is 0 Å². The highest BCUT2D eigenvalue weighted by Gasteiger charge is 2.11. The lowest BCUT2D eigenvalue weighted by Gasteiger charge is -2.21. The minimum Gasteiger partial charge on any atom is -0.465 e.